The smallest absolute Gasteiger partial charge is 0.341 e. The van der Waals surface area contributed by atoms with Gasteiger partial charge in [0.05, 0.1) is 17.4 Å². The van der Waals surface area contributed by atoms with E-state index in [0.29, 0.717) is 11.6 Å². The van der Waals surface area contributed by atoms with Gasteiger partial charge in [0.2, 0.25) is 0 Å². The molecule has 4 rings (SSSR count). The van der Waals surface area contributed by atoms with Crippen molar-refractivity contribution in [3.63, 3.8) is 0 Å². The van der Waals surface area contributed by atoms with Crippen molar-refractivity contribution in [2.45, 2.75) is 0 Å². The van der Waals surface area contributed by atoms with Gasteiger partial charge in [-0.05, 0) is 42.5 Å². The van der Waals surface area contributed by atoms with Crippen LogP contribution in [0, 0.1) is 0 Å². The highest BCUT2D eigenvalue weighted by Crippen LogP contribution is 2.21. The molecule has 0 fully saturated rings. The van der Waals surface area contributed by atoms with Crippen LogP contribution in [0.3, 0.4) is 0 Å². The molecule has 0 bridgehead atoms. The van der Waals surface area contributed by atoms with Crippen molar-refractivity contribution >= 4 is 28.4 Å². The zero-order valence-electron chi connectivity index (χ0n) is 13.6. The van der Waals surface area contributed by atoms with Crippen molar-refractivity contribution in [1.82, 2.24) is 20.0 Å². The molecule has 0 spiro atoms. The summed E-state index contributed by atoms with van der Waals surface area (Å²) in [7, 11) is 0. The Kier molecular flexibility index (Phi) is 3.98. The minimum atomic E-state index is -1.01. The standard InChI is InChI=1S/C18H15N5O3/c24-18(25)11-26-15-4-2-14(3-5-15)23-8-7-17(22-23)20-13-1-6-16-12(9-13)10-19-21-16/h1-10H,11H2,(H,19,21)(H,20,22)(H,24,25). The molecule has 8 nitrogen and oxygen atoms in total. The van der Waals surface area contributed by atoms with Crippen molar-refractivity contribution in [3.05, 3.63) is 60.9 Å². The third-order valence-corrected chi connectivity index (χ3v) is 3.77. The summed E-state index contributed by atoms with van der Waals surface area (Å²) in [4.78, 5) is 10.5. The monoisotopic (exact) mass is 349 g/mol. The predicted octanol–water partition coefficient (Wildman–Crippen LogP) is 2.96. The topological polar surface area (TPSA) is 105 Å². The van der Waals surface area contributed by atoms with Gasteiger partial charge in [-0.2, -0.15) is 10.2 Å². The van der Waals surface area contributed by atoms with Crippen molar-refractivity contribution < 1.29 is 14.6 Å². The molecule has 130 valence electrons. The lowest BCUT2D eigenvalue weighted by Crippen LogP contribution is -2.09. The van der Waals surface area contributed by atoms with E-state index >= 15 is 0 Å². The number of rotatable bonds is 6. The first kappa shape index (κ1) is 15.7. The Morgan fingerprint density at radius 3 is 2.85 bits per heavy atom. The average molecular weight is 349 g/mol. The molecule has 4 aromatic rings. The lowest BCUT2D eigenvalue weighted by molar-refractivity contribution is -0.139. The van der Waals surface area contributed by atoms with Crippen LogP contribution >= 0.6 is 0 Å². The molecule has 8 heteroatoms. The van der Waals surface area contributed by atoms with Gasteiger partial charge in [-0.1, -0.05) is 0 Å². The van der Waals surface area contributed by atoms with Gasteiger partial charge in [0.25, 0.3) is 0 Å². The van der Waals surface area contributed by atoms with Crippen molar-refractivity contribution in [3.8, 4) is 11.4 Å². The Bertz CT molecular complexity index is 1050. The molecule has 0 unspecified atom stereocenters. The summed E-state index contributed by atoms with van der Waals surface area (Å²) in [6.45, 7) is -0.365. The number of carboxylic acid groups (broad SMARTS) is 1. The fourth-order valence-corrected chi connectivity index (χ4v) is 2.54. The summed E-state index contributed by atoms with van der Waals surface area (Å²) in [6, 6.07) is 14.8. The van der Waals surface area contributed by atoms with Crippen LogP contribution < -0.4 is 10.1 Å². The SMILES string of the molecule is O=C(O)COc1ccc(-n2ccc(Nc3ccc4[nH]ncc4c3)n2)cc1. The van der Waals surface area contributed by atoms with E-state index in [4.69, 9.17) is 9.84 Å². The zero-order chi connectivity index (χ0) is 17.9. The molecular weight excluding hydrogens is 334 g/mol. The molecule has 0 aliphatic heterocycles. The molecule has 0 amide bonds. The van der Waals surface area contributed by atoms with Crippen LogP contribution in [0.5, 0.6) is 5.75 Å². The molecule has 26 heavy (non-hydrogen) atoms. The van der Waals surface area contributed by atoms with Gasteiger partial charge in [0, 0.05) is 23.3 Å². The maximum atomic E-state index is 10.5. The van der Waals surface area contributed by atoms with Crippen LogP contribution in [0.2, 0.25) is 0 Å². The number of carbonyl (C=O) groups is 1. The van der Waals surface area contributed by atoms with E-state index in [1.807, 2.05) is 42.6 Å². The highest BCUT2D eigenvalue weighted by Gasteiger charge is 2.05. The Morgan fingerprint density at radius 1 is 1.19 bits per heavy atom. The largest absolute Gasteiger partial charge is 0.482 e. The number of nitrogens with one attached hydrogen (secondary N) is 2. The molecule has 0 saturated heterocycles. The van der Waals surface area contributed by atoms with Crippen LogP contribution in [0.1, 0.15) is 0 Å². The number of ether oxygens (including phenoxy) is 1. The average Bonchev–Trinajstić information content (AvgIpc) is 3.29. The molecule has 0 aliphatic carbocycles. The van der Waals surface area contributed by atoms with Crippen molar-refractivity contribution in [1.29, 1.82) is 0 Å². The number of fused-ring (bicyclic) bond motifs is 1. The number of carboxylic acids is 1. The normalized spacial score (nSPS) is 10.8. The highest BCUT2D eigenvalue weighted by molar-refractivity contribution is 5.82. The third-order valence-electron chi connectivity index (χ3n) is 3.77. The zero-order valence-corrected chi connectivity index (χ0v) is 13.6. The van der Waals surface area contributed by atoms with Crippen molar-refractivity contribution in [2.75, 3.05) is 11.9 Å². The molecule has 0 saturated carbocycles. The van der Waals surface area contributed by atoms with E-state index in [0.717, 1.165) is 22.3 Å². The number of aromatic amines is 1. The first-order valence-electron chi connectivity index (χ1n) is 7.88. The molecule has 2 heterocycles. The van der Waals surface area contributed by atoms with Crippen LogP contribution in [-0.2, 0) is 4.79 Å². The van der Waals surface area contributed by atoms with Crippen molar-refractivity contribution in [2.24, 2.45) is 0 Å². The second-order valence-electron chi connectivity index (χ2n) is 5.62. The summed E-state index contributed by atoms with van der Waals surface area (Å²) < 4.78 is 6.84. The maximum Gasteiger partial charge on any atom is 0.341 e. The fraction of sp³-hybridized carbons (Fsp3) is 0.0556. The number of hydrogen-bond donors (Lipinski definition) is 3. The number of benzene rings is 2. The number of anilines is 2. The van der Waals surface area contributed by atoms with Gasteiger partial charge in [-0.3, -0.25) is 5.10 Å². The Hall–Kier alpha value is -3.81. The van der Waals surface area contributed by atoms with Crippen LogP contribution in [0.25, 0.3) is 16.6 Å². The predicted molar refractivity (Wildman–Crippen MR) is 96.1 cm³/mol. The second-order valence-corrected chi connectivity index (χ2v) is 5.62. The quantitative estimate of drug-likeness (QED) is 0.494. The lowest BCUT2D eigenvalue weighted by Gasteiger charge is -2.06. The van der Waals surface area contributed by atoms with Crippen LogP contribution in [0.4, 0.5) is 11.5 Å². The highest BCUT2D eigenvalue weighted by atomic mass is 16.5. The minimum Gasteiger partial charge on any atom is -0.482 e. The van der Waals surface area contributed by atoms with E-state index in [-0.39, 0.29) is 6.61 Å². The molecular formula is C18H15N5O3. The second kappa shape index (κ2) is 6.60. The van der Waals surface area contributed by atoms with E-state index < -0.39 is 5.97 Å². The van der Waals surface area contributed by atoms with Gasteiger partial charge in [0.1, 0.15) is 5.75 Å². The lowest BCUT2D eigenvalue weighted by atomic mass is 10.2. The van der Waals surface area contributed by atoms with Crippen LogP contribution in [0.15, 0.2) is 60.9 Å². The number of nitrogens with zero attached hydrogens (tertiary/aromatic N) is 3. The van der Waals surface area contributed by atoms with Gasteiger partial charge < -0.3 is 15.2 Å². The summed E-state index contributed by atoms with van der Waals surface area (Å²) in [5, 5.41) is 24.3. The molecule has 3 N–H and O–H groups in total. The first-order chi connectivity index (χ1) is 12.7. The van der Waals surface area contributed by atoms with E-state index in [9.17, 15) is 4.79 Å². The van der Waals surface area contributed by atoms with Gasteiger partial charge in [0.15, 0.2) is 12.4 Å². The third kappa shape index (κ3) is 3.34. The first-order valence-corrected chi connectivity index (χ1v) is 7.88. The summed E-state index contributed by atoms with van der Waals surface area (Å²) in [5.74, 6) is 0.194. The number of hydrogen-bond acceptors (Lipinski definition) is 5. The Morgan fingerprint density at radius 2 is 2.04 bits per heavy atom. The Balaban J connectivity index is 1.47. The summed E-state index contributed by atoms with van der Waals surface area (Å²) >= 11 is 0. The number of aromatic nitrogens is 4. The van der Waals surface area contributed by atoms with E-state index in [2.05, 4.69) is 20.6 Å². The molecule has 2 aromatic carbocycles. The molecule has 0 aliphatic rings. The number of H-pyrrole nitrogens is 1. The van der Waals surface area contributed by atoms with E-state index in [1.54, 1.807) is 23.0 Å². The van der Waals surface area contributed by atoms with Gasteiger partial charge >= 0.3 is 5.97 Å². The number of aliphatic carboxylic acids is 1. The Labute approximate surface area is 148 Å². The minimum absolute atomic E-state index is 0.365. The molecule has 2 aromatic heterocycles. The van der Waals surface area contributed by atoms with E-state index in [1.165, 1.54) is 0 Å². The van der Waals surface area contributed by atoms with Gasteiger partial charge in [-0.15, -0.1) is 0 Å². The summed E-state index contributed by atoms with van der Waals surface area (Å²) in [6.07, 6.45) is 3.61. The molecule has 0 atom stereocenters. The van der Waals surface area contributed by atoms with Crippen LogP contribution in [-0.4, -0.2) is 37.7 Å². The van der Waals surface area contributed by atoms with Gasteiger partial charge in [-0.25, -0.2) is 9.48 Å². The fourth-order valence-electron chi connectivity index (χ4n) is 2.54. The maximum absolute atomic E-state index is 10.5. The molecule has 0 radical (unpaired) electrons. The summed E-state index contributed by atoms with van der Waals surface area (Å²) in [5.41, 5.74) is 2.74.